The molecule has 116 valence electrons. The van der Waals surface area contributed by atoms with Gasteiger partial charge in [-0.2, -0.15) is 0 Å². The predicted octanol–water partition coefficient (Wildman–Crippen LogP) is 2.39. The minimum atomic E-state index is -0.723. The zero-order chi connectivity index (χ0) is 15.8. The normalized spacial score (nSPS) is 13.2. The van der Waals surface area contributed by atoms with Crippen LogP contribution in [0.1, 0.15) is 64.7 Å². The smallest absolute Gasteiger partial charge is 0.229 e. The van der Waals surface area contributed by atoms with E-state index in [-0.39, 0.29) is 0 Å². The fraction of sp³-hybridized carbons (Fsp3) is 0.933. The standard InChI is InChI=1S/C14H31NO2.CBN/c1-4-5-6-7-8-9-10-11-12-13(16)14(17)15(2)3;2-1-3/h13-14,16-17H,4-12H2,1-3H3;. The lowest BCUT2D eigenvalue weighted by Gasteiger charge is -2.23. The molecule has 2 atom stereocenters. The van der Waals surface area contributed by atoms with Crippen LogP contribution in [-0.2, 0) is 0 Å². The number of rotatable bonds is 11. The van der Waals surface area contributed by atoms with Gasteiger partial charge in [0.2, 0.25) is 7.85 Å². The molecule has 0 aliphatic rings. The van der Waals surface area contributed by atoms with Gasteiger partial charge in [0.05, 0.1) is 6.10 Å². The van der Waals surface area contributed by atoms with Crippen LogP contribution in [0.5, 0.6) is 0 Å². The fourth-order valence-corrected chi connectivity index (χ4v) is 1.98. The van der Waals surface area contributed by atoms with Crippen molar-refractivity contribution in [1.29, 1.82) is 5.26 Å². The molecule has 4 nitrogen and oxygen atoms in total. The first kappa shape index (κ1) is 21.7. The molecular formula is C15H31BN2O2. The average Bonchev–Trinajstić information content (AvgIpc) is 2.41. The summed E-state index contributed by atoms with van der Waals surface area (Å²) >= 11 is 0. The molecule has 0 aliphatic carbocycles. The molecule has 2 N–H and O–H groups in total. The highest BCUT2D eigenvalue weighted by molar-refractivity contribution is 6.20. The van der Waals surface area contributed by atoms with Crippen LogP contribution < -0.4 is 0 Å². The maximum absolute atomic E-state index is 9.67. The first-order chi connectivity index (χ1) is 9.51. The predicted molar refractivity (Wildman–Crippen MR) is 84.3 cm³/mol. The molecule has 0 rings (SSSR count). The molecule has 2 unspecified atom stereocenters. The minimum Gasteiger partial charge on any atom is -0.389 e. The van der Waals surface area contributed by atoms with Crippen molar-refractivity contribution in [2.45, 2.75) is 77.0 Å². The Morgan fingerprint density at radius 2 is 1.40 bits per heavy atom. The van der Waals surface area contributed by atoms with Crippen LogP contribution in [0.3, 0.4) is 0 Å². The summed E-state index contributed by atoms with van der Waals surface area (Å²) in [7, 11) is 7.71. The van der Waals surface area contributed by atoms with Crippen LogP contribution in [-0.4, -0.2) is 49.4 Å². The zero-order valence-corrected chi connectivity index (χ0v) is 13.4. The van der Waals surface area contributed by atoms with Crippen LogP contribution in [0.15, 0.2) is 0 Å². The maximum atomic E-state index is 9.67. The molecule has 0 saturated heterocycles. The lowest BCUT2D eigenvalue weighted by Crippen LogP contribution is -2.38. The fourth-order valence-electron chi connectivity index (χ4n) is 1.98. The van der Waals surface area contributed by atoms with Gasteiger partial charge in [-0.3, -0.25) is 4.90 Å². The van der Waals surface area contributed by atoms with Gasteiger partial charge in [-0.25, -0.2) is 5.26 Å². The Hall–Kier alpha value is -0.565. The Kier molecular flexibility index (Phi) is 17.9. The van der Waals surface area contributed by atoms with Gasteiger partial charge in [-0.15, -0.1) is 0 Å². The van der Waals surface area contributed by atoms with Crippen LogP contribution in [0.4, 0.5) is 0 Å². The summed E-state index contributed by atoms with van der Waals surface area (Å²) in [5.41, 5.74) is 0. The number of nitriles is 1. The summed E-state index contributed by atoms with van der Waals surface area (Å²) in [5.74, 6) is 1.25. The lowest BCUT2D eigenvalue weighted by molar-refractivity contribution is -0.0652. The van der Waals surface area contributed by atoms with Crippen molar-refractivity contribution in [2.75, 3.05) is 14.1 Å². The third-order valence-electron chi connectivity index (χ3n) is 3.23. The van der Waals surface area contributed by atoms with E-state index in [0.717, 1.165) is 6.42 Å². The molecule has 2 radical (unpaired) electrons. The highest BCUT2D eigenvalue weighted by atomic mass is 16.3. The molecule has 0 aromatic heterocycles. The third-order valence-corrected chi connectivity index (χ3v) is 3.23. The SMILES string of the molecule is CCCCCCCCCCC(O)C(O)N(C)C.[B]C#N. The third kappa shape index (κ3) is 15.5. The van der Waals surface area contributed by atoms with Crippen LogP contribution >= 0.6 is 0 Å². The molecule has 0 aromatic rings. The van der Waals surface area contributed by atoms with E-state index in [1.54, 1.807) is 19.0 Å². The van der Waals surface area contributed by atoms with E-state index >= 15 is 0 Å². The zero-order valence-electron chi connectivity index (χ0n) is 13.4. The van der Waals surface area contributed by atoms with Gasteiger partial charge in [0, 0.05) is 0 Å². The molecule has 0 aliphatic heterocycles. The van der Waals surface area contributed by atoms with Gasteiger partial charge >= 0.3 is 0 Å². The average molecular weight is 282 g/mol. The van der Waals surface area contributed by atoms with E-state index in [1.165, 1.54) is 50.9 Å². The number of unbranched alkanes of at least 4 members (excludes halogenated alkanes) is 7. The van der Waals surface area contributed by atoms with Gasteiger partial charge in [-0.05, 0) is 26.5 Å². The second-order valence-electron chi connectivity index (χ2n) is 5.34. The summed E-state index contributed by atoms with van der Waals surface area (Å²) in [4.78, 5) is 1.65. The van der Waals surface area contributed by atoms with E-state index in [9.17, 15) is 10.2 Å². The molecule has 0 saturated carbocycles. The van der Waals surface area contributed by atoms with Gasteiger partial charge < -0.3 is 10.2 Å². The molecule has 5 heteroatoms. The molecule has 20 heavy (non-hydrogen) atoms. The summed E-state index contributed by atoms with van der Waals surface area (Å²) in [6.45, 7) is 2.23. The second-order valence-corrected chi connectivity index (χ2v) is 5.34. The van der Waals surface area contributed by atoms with Crippen LogP contribution in [0.25, 0.3) is 0 Å². The maximum Gasteiger partial charge on any atom is 0.229 e. The van der Waals surface area contributed by atoms with Crippen molar-refractivity contribution in [3.05, 3.63) is 0 Å². The Morgan fingerprint density at radius 3 is 1.80 bits per heavy atom. The molecule has 0 aromatic carbocycles. The Morgan fingerprint density at radius 1 is 1.00 bits per heavy atom. The molecular weight excluding hydrogens is 251 g/mol. The van der Waals surface area contributed by atoms with E-state index in [2.05, 4.69) is 14.8 Å². The molecule has 0 bridgehead atoms. The largest absolute Gasteiger partial charge is 0.389 e. The molecule has 0 fully saturated rings. The lowest BCUT2D eigenvalue weighted by atomic mass is 10.0. The molecule has 0 heterocycles. The van der Waals surface area contributed by atoms with E-state index in [1.807, 2.05) is 0 Å². The summed E-state index contributed by atoms with van der Waals surface area (Å²) in [6.07, 6.45) is 9.49. The van der Waals surface area contributed by atoms with Crippen molar-refractivity contribution >= 4 is 7.85 Å². The number of nitrogens with zero attached hydrogens (tertiary/aromatic N) is 2. The summed E-state index contributed by atoms with van der Waals surface area (Å²) in [6, 6.07) is 0. The first-order valence-electron chi connectivity index (χ1n) is 7.63. The van der Waals surface area contributed by atoms with Gasteiger partial charge in [0.25, 0.3) is 0 Å². The first-order valence-corrected chi connectivity index (χ1v) is 7.63. The number of hydrogen-bond donors (Lipinski definition) is 2. The van der Waals surface area contributed by atoms with E-state index < -0.39 is 12.3 Å². The van der Waals surface area contributed by atoms with E-state index in [4.69, 9.17) is 5.26 Å². The van der Waals surface area contributed by atoms with Crippen molar-refractivity contribution in [3.8, 4) is 5.97 Å². The van der Waals surface area contributed by atoms with Gasteiger partial charge in [0.1, 0.15) is 6.23 Å². The number of likely N-dealkylation sites (N-methyl/N-ethyl adjacent to an activating group) is 1. The Bertz CT molecular complexity index is 232. The highest BCUT2D eigenvalue weighted by Crippen LogP contribution is 2.12. The summed E-state index contributed by atoms with van der Waals surface area (Å²) < 4.78 is 0. The molecule has 0 spiro atoms. The monoisotopic (exact) mass is 282 g/mol. The van der Waals surface area contributed by atoms with Crippen molar-refractivity contribution in [3.63, 3.8) is 0 Å². The van der Waals surface area contributed by atoms with Crippen LogP contribution in [0.2, 0.25) is 0 Å². The number of aliphatic hydroxyl groups is 2. The van der Waals surface area contributed by atoms with Gasteiger partial charge in [0.15, 0.2) is 0 Å². The quantitative estimate of drug-likeness (QED) is 0.347. The second kappa shape index (κ2) is 16.5. The number of hydrogen-bond acceptors (Lipinski definition) is 4. The van der Waals surface area contributed by atoms with Crippen molar-refractivity contribution in [2.24, 2.45) is 0 Å². The summed E-state index contributed by atoms with van der Waals surface area (Å²) in [5, 5.41) is 26.3. The molecule has 0 amide bonds. The highest BCUT2D eigenvalue weighted by Gasteiger charge is 2.17. The Balaban J connectivity index is 0. The Labute approximate surface area is 126 Å². The minimum absolute atomic E-state index is 0.606. The van der Waals surface area contributed by atoms with Crippen LogP contribution in [0, 0.1) is 11.2 Å². The van der Waals surface area contributed by atoms with Gasteiger partial charge in [-0.1, -0.05) is 58.3 Å². The van der Waals surface area contributed by atoms with E-state index in [0.29, 0.717) is 6.42 Å². The number of aliphatic hydroxyl groups excluding tert-OH is 2. The van der Waals surface area contributed by atoms with Crippen molar-refractivity contribution in [1.82, 2.24) is 4.90 Å². The topological polar surface area (TPSA) is 67.5 Å². The van der Waals surface area contributed by atoms with Crippen molar-refractivity contribution < 1.29 is 10.2 Å².